The van der Waals surface area contributed by atoms with Crippen LogP contribution in [0.4, 0.5) is 60.0 Å². The first-order valence-corrected chi connectivity index (χ1v) is 23.2. The molecule has 0 unspecified atom stereocenters. The number of hydrogen-bond donors (Lipinski definition) is 4. The Balaban J connectivity index is 0.000000184. The largest absolute Gasteiger partial charge is 0.457 e. The lowest BCUT2D eigenvalue weighted by atomic mass is 10.1. The lowest BCUT2D eigenvalue weighted by molar-refractivity contribution is -0.137. The van der Waals surface area contributed by atoms with Crippen LogP contribution in [-0.4, -0.2) is 64.2 Å². The maximum atomic E-state index is 14.5. The van der Waals surface area contributed by atoms with Gasteiger partial charge in [-0.3, -0.25) is 19.3 Å². The molecule has 0 aliphatic carbocycles. The normalized spacial score (nSPS) is 12.1. The van der Waals surface area contributed by atoms with E-state index in [0.29, 0.717) is 53.1 Å². The van der Waals surface area contributed by atoms with Crippen molar-refractivity contribution in [1.29, 1.82) is 0 Å². The molecule has 5 aromatic heterocycles. The number of aryl methyl sites for hydroxylation is 3. The Morgan fingerprint density at radius 2 is 1.12 bits per heavy atom. The van der Waals surface area contributed by atoms with Crippen LogP contribution in [0.15, 0.2) is 153 Å². The zero-order valence-corrected chi connectivity index (χ0v) is 40.3. The van der Waals surface area contributed by atoms with Crippen LogP contribution in [0.5, 0.6) is 23.0 Å². The fourth-order valence-corrected chi connectivity index (χ4v) is 7.85. The van der Waals surface area contributed by atoms with Crippen molar-refractivity contribution in [2.75, 3.05) is 39.3 Å². The molecule has 22 heteroatoms. The van der Waals surface area contributed by atoms with Crippen LogP contribution in [0.3, 0.4) is 0 Å². The van der Waals surface area contributed by atoms with E-state index in [1.807, 2.05) is 48.0 Å². The van der Waals surface area contributed by atoms with Gasteiger partial charge in [-0.15, -0.1) is 0 Å². The second-order valence-corrected chi connectivity index (χ2v) is 17.1. The summed E-state index contributed by atoms with van der Waals surface area (Å²) in [6.45, 7) is 3.16. The highest BCUT2D eigenvalue weighted by Gasteiger charge is 2.32. The fraction of sp³-hybridized carbons (Fsp3) is 0.151. The zero-order valence-electron chi connectivity index (χ0n) is 40.3. The van der Waals surface area contributed by atoms with Gasteiger partial charge in [0.1, 0.15) is 34.6 Å². The summed E-state index contributed by atoms with van der Waals surface area (Å²) in [4.78, 5) is 39.9. The molecule has 10 rings (SSSR count). The number of amides is 4. The van der Waals surface area contributed by atoms with Gasteiger partial charge in [0.25, 0.3) is 0 Å². The molecule has 75 heavy (non-hydrogen) atoms. The number of carbonyl (C=O) groups is 2. The standard InChI is InChI=1S/C27H24F4N6O2.C26H22FN7O2/c1-36-16-17(15-33-36)24-13-22(6-7-32-24)39-21-4-5-23(28)25(14-21)35-26(38)34-19-10-18(27(29,30)31)11-20(12-19)37-8-2-3-9-37;1-17-14-34(16-29-17)20-5-3-4-19(10-20)31-26(35)32-25-12-21(6-7-23(25)27)36-22-8-9-28-24(11-22)18-13-30-33(2)15-18/h4-7,10-16H,2-3,8-9H2,1H3,(H2,34,35,38);3-16H,1-2H3,(H2,31,32,35). The number of anilines is 5. The predicted octanol–water partition coefficient (Wildman–Crippen LogP) is 12.2. The molecule has 0 bridgehead atoms. The Morgan fingerprint density at radius 1 is 0.587 bits per heavy atom. The van der Waals surface area contributed by atoms with Crippen molar-refractivity contribution >= 4 is 40.5 Å². The van der Waals surface area contributed by atoms with E-state index >= 15 is 0 Å². The number of pyridine rings is 2. The Morgan fingerprint density at radius 3 is 1.63 bits per heavy atom. The molecule has 1 aliphatic heterocycles. The summed E-state index contributed by atoms with van der Waals surface area (Å²) in [5.41, 5.74) is 4.38. The smallest absolute Gasteiger partial charge is 0.416 e. The Kier molecular flexibility index (Phi) is 14.8. The molecular formula is C53H46F5N13O4. The van der Waals surface area contributed by atoms with Gasteiger partial charge in [0.05, 0.1) is 52.7 Å². The molecule has 1 aliphatic rings. The van der Waals surface area contributed by atoms with Crippen molar-refractivity contribution in [3.05, 3.63) is 176 Å². The van der Waals surface area contributed by atoms with Gasteiger partial charge in [-0.25, -0.2) is 23.4 Å². The van der Waals surface area contributed by atoms with E-state index in [1.54, 1.807) is 90.1 Å². The topological polar surface area (TPSA) is 183 Å². The maximum absolute atomic E-state index is 14.5. The molecule has 9 aromatic rings. The summed E-state index contributed by atoms with van der Waals surface area (Å²) in [6.07, 6.45) is 10.9. The van der Waals surface area contributed by atoms with Gasteiger partial charge in [0.15, 0.2) is 0 Å². The van der Waals surface area contributed by atoms with Crippen LogP contribution >= 0.6 is 0 Å². The third kappa shape index (κ3) is 13.1. The van der Waals surface area contributed by atoms with E-state index in [4.69, 9.17) is 9.47 Å². The second-order valence-electron chi connectivity index (χ2n) is 17.1. The minimum Gasteiger partial charge on any atom is -0.457 e. The molecule has 4 amide bonds. The van der Waals surface area contributed by atoms with E-state index in [-0.39, 0.29) is 22.8 Å². The number of hydrogen-bond acceptors (Lipinski definition) is 10. The first-order valence-electron chi connectivity index (χ1n) is 23.2. The summed E-state index contributed by atoms with van der Waals surface area (Å²) in [5.74, 6) is 0.176. The number of aromatic nitrogens is 8. The number of imidazole rings is 1. The summed E-state index contributed by atoms with van der Waals surface area (Å²) < 4.78 is 86.4. The molecule has 6 heterocycles. The van der Waals surface area contributed by atoms with E-state index in [2.05, 4.69) is 46.4 Å². The highest BCUT2D eigenvalue weighted by atomic mass is 19.4. The first kappa shape index (κ1) is 50.3. The van der Waals surface area contributed by atoms with Crippen molar-refractivity contribution in [1.82, 2.24) is 39.1 Å². The number of urea groups is 2. The maximum Gasteiger partial charge on any atom is 0.416 e. The summed E-state index contributed by atoms with van der Waals surface area (Å²) in [7, 11) is 3.61. The number of ether oxygens (including phenoxy) is 2. The summed E-state index contributed by atoms with van der Waals surface area (Å²) >= 11 is 0. The van der Waals surface area contributed by atoms with Gasteiger partial charge >= 0.3 is 18.2 Å². The van der Waals surface area contributed by atoms with Gasteiger partial charge in [0, 0.05) is 116 Å². The van der Waals surface area contributed by atoms with E-state index in [1.165, 1.54) is 36.4 Å². The fourth-order valence-electron chi connectivity index (χ4n) is 7.85. The van der Waals surface area contributed by atoms with Crippen LogP contribution < -0.4 is 35.6 Å². The van der Waals surface area contributed by atoms with Gasteiger partial charge in [-0.2, -0.15) is 23.4 Å². The van der Waals surface area contributed by atoms with Crippen molar-refractivity contribution < 1.29 is 41.0 Å². The van der Waals surface area contributed by atoms with Crippen molar-refractivity contribution in [3.8, 4) is 51.2 Å². The molecular weight excluding hydrogens is 978 g/mol. The number of carbonyl (C=O) groups excluding carboxylic acids is 2. The van der Waals surface area contributed by atoms with Gasteiger partial charge < -0.3 is 40.2 Å². The number of nitrogens with one attached hydrogen (secondary N) is 4. The van der Waals surface area contributed by atoms with Crippen molar-refractivity contribution in [2.24, 2.45) is 14.1 Å². The van der Waals surface area contributed by atoms with Gasteiger partial charge in [-0.1, -0.05) is 6.07 Å². The second kappa shape index (κ2) is 22.0. The lowest BCUT2D eigenvalue weighted by Gasteiger charge is -2.21. The summed E-state index contributed by atoms with van der Waals surface area (Å²) in [5, 5.41) is 18.3. The van der Waals surface area contributed by atoms with Crippen LogP contribution in [0.25, 0.3) is 28.2 Å². The Labute approximate surface area is 425 Å². The molecule has 0 radical (unpaired) electrons. The molecule has 382 valence electrons. The molecule has 1 saturated heterocycles. The minimum atomic E-state index is -4.59. The average Bonchev–Trinajstić information content (AvgIpc) is 4.24. The highest BCUT2D eigenvalue weighted by molar-refractivity contribution is 6.01. The van der Waals surface area contributed by atoms with Crippen LogP contribution in [-0.2, 0) is 20.3 Å². The van der Waals surface area contributed by atoms with Gasteiger partial charge in [-0.05, 0) is 92.6 Å². The molecule has 0 spiro atoms. The quantitative estimate of drug-likeness (QED) is 0.0859. The number of rotatable bonds is 12. The van der Waals surface area contributed by atoms with Crippen molar-refractivity contribution in [2.45, 2.75) is 25.9 Å². The molecule has 0 atom stereocenters. The zero-order chi connectivity index (χ0) is 52.6. The summed E-state index contributed by atoms with van der Waals surface area (Å²) in [6, 6.07) is 23.8. The van der Waals surface area contributed by atoms with Gasteiger partial charge in [0.2, 0.25) is 0 Å². The van der Waals surface area contributed by atoms with E-state index in [0.717, 1.165) is 53.5 Å². The van der Waals surface area contributed by atoms with Crippen molar-refractivity contribution in [3.63, 3.8) is 0 Å². The number of benzene rings is 4. The minimum absolute atomic E-state index is 0.0204. The molecule has 17 nitrogen and oxygen atoms in total. The lowest BCUT2D eigenvalue weighted by Crippen LogP contribution is -2.22. The van der Waals surface area contributed by atoms with E-state index < -0.39 is 35.4 Å². The van der Waals surface area contributed by atoms with Crippen LogP contribution in [0.1, 0.15) is 24.1 Å². The van der Waals surface area contributed by atoms with Crippen LogP contribution in [0.2, 0.25) is 0 Å². The number of nitrogens with zero attached hydrogens (tertiary/aromatic N) is 9. The average molecular weight is 1020 g/mol. The third-order valence-corrected chi connectivity index (χ3v) is 11.4. The Bertz CT molecular complexity index is 3500. The first-order chi connectivity index (χ1) is 36.1. The Hall–Kier alpha value is -9.60. The molecule has 4 aromatic carbocycles. The van der Waals surface area contributed by atoms with Crippen LogP contribution in [0, 0.1) is 18.6 Å². The molecule has 1 fully saturated rings. The third-order valence-electron chi connectivity index (χ3n) is 11.4. The molecule has 0 saturated carbocycles. The predicted molar refractivity (Wildman–Crippen MR) is 272 cm³/mol. The van der Waals surface area contributed by atoms with E-state index in [9.17, 15) is 31.5 Å². The number of halogens is 5. The SMILES string of the molecule is Cc1cn(-c2cccc(NC(=O)Nc3cc(Oc4ccnc(-c5cnn(C)c5)c4)ccc3F)c2)cn1.Cn1cc(-c2cc(Oc3ccc(F)c(NC(=O)Nc4cc(N5CCCC5)cc(C(F)(F)F)c4)c3)ccn2)cn1. The number of alkyl halides is 3. The monoisotopic (exact) mass is 1020 g/mol. The highest BCUT2D eigenvalue weighted by Crippen LogP contribution is 2.36. The molecule has 4 N–H and O–H groups in total.